The van der Waals surface area contributed by atoms with Gasteiger partial charge in [-0.3, -0.25) is 4.79 Å². The monoisotopic (exact) mass is 245 g/mol. The van der Waals surface area contributed by atoms with E-state index in [4.69, 9.17) is 16.9 Å². The number of benzene rings is 1. The molecule has 0 aliphatic rings. The van der Waals surface area contributed by atoms with Crippen LogP contribution in [0, 0.1) is 11.3 Å². The molecule has 17 heavy (non-hydrogen) atoms. The van der Waals surface area contributed by atoms with Gasteiger partial charge in [-0.25, -0.2) is 4.68 Å². The Bertz CT molecular complexity index is 598. The predicted octanol–water partition coefficient (Wildman–Crippen LogP) is 2.54. The van der Waals surface area contributed by atoms with Gasteiger partial charge in [0, 0.05) is 10.6 Å². The van der Waals surface area contributed by atoms with Crippen LogP contribution in [0.1, 0.15) is 10.5 Å². The summed E-state index contributed by atoms with van der Waals surface area (Å²) in [6.45, 7) is 0.0502. The van der Waals surface area contributed by atoms with Crippen LogP contribution in [0.5, 0.6) is 0 Å². The normalized spacial score (nSPS) is 9.88. The molecule has 0 amide bonds. The molecule has 1 aromatic carbocycles. The number of nitriles is 1. The largest absolute Gasteiger partial charge is 0.296 e. The Labute approximate surface area is 103 Å². The molecule has 0 aliphatic heterocycles. The zero-order valence-electron chi connectivity index (χ0n) is 8.80. The third-order valence-electron chi connectivity index (χ3n) is 2.27. The summed E-state index contributed by atoms with van der Waals surface area (Å²) in [5, 5.41) is 13.4. The maximum Gasteiger partial charge on any atom is 0.168 e. The fourth-order valence-corrected chi connectivity index (χ4v) is 1.70. The van der Waals surface area contributed by atoms with Crippen molar-refractivity contribution in [1.82, 2.24) is 9.78 Å². The maximum absolute atomic E-state index is 10.8. The van der Waals surface area contributed by atoms with Crippen LogP contribution in [0.15, 0.2) is 30.3 Å². The van der Waals surface area contributed by atoms with E-state index in [1.54, 1.807) is 18.2 Å². The predicted molar refractivity (Wildman–Crippen MR) is 63.7 cm³/mol. The molecule has 0 radical (unpaired) electrons. The Hall–Kier alpha value is -2.12. The first-order valence-electron chi connectivity index (χ1n) is 4.90. The zero-order valence-corrected chi connectivity index (χ0v) is 9.55. The smallest absolute Gasteiger partial charge is 0.168 e. The number of rotatable bonds is 3. The Morgan fingerprint density at radius 3 is 2.94 bits per heavy atom. The molecule has 2 rings (SSSR count). The molecule has 4 nitrogen and oxygen atoms in total. The van der Waals surface area contributed by atoms with E-state index in [0.717, 1.165) is 5.56 Å². The molecule has 0 atom stereocenters. The second kappa shape index (κ2) is 4.81. The molecule has 84 valence electrons. The lowest BCUT2D eigenvalue weighted by molar-refractivity contribution is 0.111. The van der Waals surface area contributed by atoms with Gasteiger partial charge in [0.25, 0.3) is 0 Å². The second-order valence-electron chi connectivity index (χ2n) is 3.40. The molecule has 0 saturated heterocycles. The van der Waals surface area contributed by atoms with Crippen LogP contribution in [0.4, 0.5) is 0 Å². The lowest BCUT2D eigenvalue weighted by atomic mass is 10.1. The van der Waals surface area contributed by atoms with Gasteiger partial charge in [0.05, 0.1) is 11.8 Å². The number of hydrogen-bond donors (Lipinski definition) is 0. The highest BCUT2D eigenvalue weighted by molar-refractivity contribution is 6.30. The quantitative estimate of drug-likeness (QED) is 0.781. The van der Waals surface area contributed by atoms with Crippen LogP contribution in [-0.4, -0.2) is 16.1 Å². The molecule has 5 heteroatoms. The average molecular weight is 246 g/mol. The van der Waals surface area contributed by atoms with Crippen LogP contribution < -0.4 is 0 Å². The Balaban J connectivity index is 2.47. The number of hydrogen-bond acceptors (Lipinski definition) is 3. The summed E-state index contributed by atoms with van der Waals surface area (Å²) >= 11 is 5.88. The Morgan fingerprint density at radius 2 is 2.29 bits per heavy atom. The van der Waals surface area contributed by atoms with Gasteiger partial charge in [0.15, 0.2) is 6.29 Å². The number of nitrogens with zero attached hydrogens (tertiary/aromatic N) is 3. The topological polar surface area (TPSA) is 58.7 Å². The summed E-state index contributed by atoms with van der Waals surface area (Å²) in [6, 6.07) is 10.8. The van der Waals surface area contributed by atoms with E-state index >= 15 is 0 Å². The molecule has 1 heterocycles. The molecular formula is C12H8ClN3O. The molecule has 1 aromatic heterocycles. The minimum absolute atomic E-state index is 0.0502. The fourth-order valence-electron chi connectivity index (χ4n) is 1.51. The van der Waals surface area contributed by atoms with E-state index in [1.807, 2.05) is 18.2 Å². The number of halogens is 1. The standard InChI is InChI=1S/C12H8ClN3O/c13-10-3-1-2-9(6-10)12-7-11(8-17)16(15-12)5-4-14/h1-3,6-8H,5H2. The van der Waals surface area contributed by atoms with Crippen molar-refractivity contribution in [2.24, 2.45) is 0 Å². The van der Waals surface area contributed by atoms with Gasteiger partial charge >= 0.3 is 0 Å². The van der Waals surface area contributed by atoms with Crippen molar-refractivity contribution in [1.29, 1.82) is 5.26 Å². The van der Waals surface area contributed by atoms with Gasteiger partial charge in [-0.1, -0.05) is 23.7 Å². The third-order valence-corrected chi connectivity index (χ3v) is 2.51. The first kappa shape index (κ1) is 11.4. The highest BCUT2D eigenvalue weighted by atomic mass is 35.5. The van der Waals surface area contributed by atoms with Gasteiger partial charge in [0.2, 0.25) is 0 Å². The fraction of sp³-hybridized carbons (Fsp3) is 0.0833. The molecule has 0 bridgehead atoms. The lowest BCUT2D eigenvalue weighted by Crippen LogP contribution is -2.02. The van der Waals surface area contributed by atoms with E-state index < -0.39 is 0 Å². The molecule has 0 aliphatic carbocycles. The number of aromatic nitrogens is 2. The molecule has 0 N–H and O–H groups in total. The first-order chi connectivity index (χ1) is 8.24. The highest BCUT2D eigenvalue weighted by Gasteiger charge is 2.08. The molecule has 0 fully saturated rings. The third kappa shape index (κ3) is 2.35. The lowest BCUT2D eigenvalue weighted by Gasteiger charge is -1.97. The van der Waals surface area contributed by atoms with Crippen LogP contribution >= 0.6 is 11.6 Å². The summed E-state index contributed by atoms with van der Waals surface area (Å²) in [7, 11) is 0. The van der Waals surface area contributed by atoms with Crippen LogP contribution in [0.2, 0.25) is 5.02 Å². The SMILES string of the molecule is N#CCn1nc(-c2cccc(Cl)c2)cc1C=O. The molecule has 0 unspecified atom stereocenters. The summed E-state index contributed by atoms with van der Waals surface area (Å²) in [4.78, 5) is 10.8. The Kier molecular flexibility index (Phi) is 3.22. The number of carbonyl (C=O) groups excluding carboxylic acids is 1. The van der Waals surface area contributed by atoms with Crippen LogP contribution in [0.3, 0.4) is 0 Å². The van der Waals surface area contributed by atoms with Gasteiger partial charge in [-0.2, -0.15) is 10.4 Å². The summed E-state index contributed by atoms with van der Waals surface area (Å²) in [6.07, 6.45) is 0.679. The van der Waals surface area contributed by atoms with Crippen molar-refractivity contribution in [3.8, 4) is 17.3 Å². The highest BCUT2D eigenvalue weighted by Crippen LogP contribution is 2.21. The number of carbonyl (C=O) groups is 1. The van der Waals surface area contributed by atoms with Crippen molar-refractivity contribution in [2.45, 2.75) is 6.54 Å². The van der Waals surface area contributed by atoms with E-state index in [1.165, 1.54) is 4.68 Å². The minimum atomic E-state index is 0.0502. The van der Waals surface area contributed by atoms with Crippen LogP contribution in [0.25, 0.3) is 11.3 Å². The summed E-state index contributed by atoms with van der Waals surface area (Å²) in [5.41, 5.74) is 1.82. The van der Waals surface area contributed by atoms with Gasteiger partial charge < -0.3 is 0 Å². The molecule has 2 aromatic rings. The average Bonchev–Trinajstić information content (AvgIpc) is 2.73. The van der Waals surface area contributed by atoms with Crippen molar-refractivity contribution in [2.75, 3.05) is 0 Å². The summed E-state index contributed by atoms with van der Waals surface area (Å²) in [5.74, 6) is 0. The van der Waals surface area contributed by atoms with Gasteiger partial charge in [0.1, 0.15) is 12.2 Å². The van der Waals surface area contributed by atoms with E-state index in [0.29, 0.717) is 22.7 Å². The van der Waals surface area contributed by atoms with Crippen molar-refractivity contribution in [3.63, 3.8) is 0 Å². The van der Waals surface area contributed by atoms with Crippen molar-refractivity contribution < 1.29 is 4.79 Å². The summed E-state index contributed by atoms with van der Waals surface area (Å²) < 4.78 is 1.36. The van der Waals surface area contributed by atoms with E-state index in [2.05, 4.69) is 5.10 Å². The Morgan fingerprint density at radius 1 is 1.47 bits per heavy atom. The maximum atomic E-state index is 10.8. The van der Waals surface area contributed by atoms with E-state index in [-0.39, 0.29) is 6.54 Å². The van der Waals surface area contributed by atoms with Crippen molar-refractivity contribution in [3.05, 3.63) is 41.0 Å². The minimum Gasteiger partial charge on any atom is -0.296 e. The van der Waals surface area contributed by atoms with Gasteiger partial charge in [-0.05, 0) is 18.2 Å². The molecule has 0 spiro atoms. The number of aldehydes is 1. The van der Waals surface area contributed by atoms with Gasteiger partial charge in [-0.15, -0.1) is 0 Å². The van der Waals surface area contributed by atoms with E-state index in [9.17, 15) is 4.79 Å². The molecular weight excluding hydrogens is 238 g/mol. The molecule has 0 saturated carbocycles. The second-order valence-corrected chi connectivity index (χ2v) is 3.83. The first-order valence-corrected chi connectivity index (χ1v) is 5.28. The van der Waals surface area contributed by atoms with Crippen molar-refractivity contribution >= 4 is 17.9 Å². The van der Waals surface area contributed by atoms with Crippen LogP contribution in [-0.2, 0) is 6.54 Å². The zero-order chi connectivity index (χ0) is 12.3.